The van der Waals surface area contributed by atoms with Gasteiger partial charge in [0.05, 0.1) is 0 Å². The van der Waals surface area contributed by atoms with Crippen LogP contribution < -0.4 is 10.6 Å². The van der Waals surface area contributed by atoms with Gasteiger partial charge in [-0.1, -0.05) is 23.4 Å². The molecule has 0 aliphatic carbocycles. The van der Waals surface area contributed by atoms with Gasteiger partial charge in [-0.2, -0.15) is 0 Å². The molecule has 0 fully saturated rings. The van der Waals surface area contributed by atoms with Crippen LogP contribution in [0.25, 0.3) is 0 Å². The van der Waals surface area contributed by atoms with Crippen LogP contribution in [-0.4, -0.2) is 24.1 Å². The molecule has 1 aromatic rings. The summed E-state index contributed by atoms with van der Waals surface area (Å²) in [5, 5.41) is 11.5. The number of benzene rings is 1. The summed E-state index contributed by atoms with van der Waals surface area (Å²) in [4.78, 5) is 2.22. The molecule has 0 heterocycles. The number of hydrogen-bond donors (Lipinski definition) is 2. The zero-order chi connectivity index (χ0) is 12.0. The van der Waals surface area contributed by atoms with Crippen LogP contribution in [0.2, 0.25) is 0 Å². The molecule has 0 amide bonds. The molecule has 1 aromatic carbocycles. The summed E-state index contributed by atoms with van der Waals surface area (Å²) < 4.78 is 0. The summed E-state index contributed by atoms with van der Waals surface area (Å²) in [6.45, 7) is 5.85. The Morgan fingerprint density at radius 2 is 2.12 bits per heavy atom. The minimum absolute atomic E-state index is 0.270. The molecule has 0 saturated carbocycles. The summed E-state index contributed by atoms with van der Waals surface area (Å²) in [6, 6.07) is 8.22. The van der Waals surface area contributed by atoms with Crippen molar-refractivity contribution >= 4 is 11.5 Å². The van der Waals surface area contributed by atoms with Crippen LogP contribution in [0.5, 0.6) is 0 Å². The van der Waals surface area contributed by atoms with Crippen LogP contribution in [0.1, 0.15) is 18.9 Å². The molecular weight excluding hydrogens is 202 g/mol. The molecule has 0 unspecified atom stereocenters. The minimum atomic E-state index is 0.270. The van der Waals surface area contributed by atoms with E-state index in [0.29, 0.717) is 6.42 Å². The number of nitrogens with zero attached hydrogens (tertiary/aromatic N) is 2. The van der Waals surface area contributed by atoms with E-state index in [1.54, 1.807) is 0 Å². The average Bonchev–Trinajstić information content (AvgIpc) is 2.31. The lowest BCUT2D eigenvalue weighted by molar-refractivity contribution is 0.317. The zero-order valence-corrected chi connectivity index (χ0v) is 9.85. The van der Waals surface area contributed by atoms with E-state index in [9.17, 15) is 0 Å². The van der Waals surface area contributed by atoms with E-state index < -0.39 is 0 Å². The van der Waals surface area contributed by atoms with Crippen LogP contribution in [-0.2, 0) is 0 Å². The van der Waals surface area contributed by atoms with Gasteiger partial charge in [-0.05, 0) is 25.5 Å². The van der Waals surface area contributed by atoms with E-state index in [4.69, 9.17) is 10.9 Å². The molecule has 88 valence electrons. The largest absolute Gasteiger partial charge is 0.409 e. The van der Waals surface area contributed by atoms with Crippen LogP contribution in [0.3, 0.4) is 0 Å². The molecule has 0 bridgehead atoms. The van der Waals surface area contributed by atoms with Crippen LogP contribution in [0.4, 0.5) is 5.69 Å². The van der Waals surface area contributed by atoms with Gasteiger partial charge >= 0.3 is 0 Å². The van der Waals surface area contributed by atoms with Crippen LogP contribution >= 0.6 is 0 Å². The van der Waals surface area contributed by atoms with Crippen molar-refractivity contribution in [2.24, 2.45) is 10.9 Å². The predicted octanol–water partition coefficient (Wildman–Crippen LogP) is 1.96. The van der Waals surface area contributed by atoms with Crippen molar-refractivity contribution in [1.29, 1.82) is 0 Å². The maximum Gasteiger partial charge on any atom is 0.140 e. The molecule has 0 saturated heterocycles. The van der Waals surface area contributed by atoms with Gasteiger partial charge in [0.1, 0.15) is 5.84 Å². The molecule has 0 radical (unpaired) electrons. The number of anilines is 1. The van der Waals surface area contributed by atoms with Crippen molar-refractivity contribution < 1.29 is 5.21 Å². The molecule has 16 heavy (non-hydrogen) atoms. The highest BCUT2D eigenvalue weighted by molar-refractivity contribution is 5.80. The highest BCUT2D eigenvalue weighted by atomic mass is 16.4. The molecule has 4 heteroatoms. The summed E-state index contributed by atoms with van der Waals surface area (Å²) in [7, 11) is 0. The third-order valence-corrected chi connectivity index (χ3v) is 2.60. The third kappa shape index (κ3) is 3.15. The van der Waals surface area contributed by atoms with E-state index in [1.165, 1.54) is 11.3 Å². The number of nitrogens with two attached hydrogens (primary N) is 1. The van der Waals surface area contributed by atoms with E-state index >= 15 is 0 Å². The lowest BCUT2D eigenvalue weighted by atomic mass is 10.1. The number of rotatable bonds is 5. The van der Waals surface area contributed by atoms with Crippen molar-refractivity contribution in [3.05, 3.63) is 29.8 Å². The molecule has 1 rings (SSSR count). The topological polar surface area (TPSA) is 61.8 Å². The Balaban J connectivity index is 2.71. The fourth-order valence-electron chi connectivity index (χ4n) is 1.67. The molecule has 0 aromatic heterocycles. The second-order valence-corrected chi connectivity index (χ2v) is 3.71. The molecule has 4 nitrogen and oxygen atoms in total. The first-order valence-corrected chi connectivity index (χ1v) is 5.46. The van der Waals surface area contributed by atoms with Crippen LogP contribution in [0.15, 0.2) is 29.4 Å². The quantitative estimate of drug-likeness (QED) is 0.346. The van der Waals surface area contributed by atoms with Crippen molar-refractivity contribution in [3.8, 4) is 0 Å². The van der Waals surface area contributed by atoms with Gasteiger partial charge in [-0.15, -0.1) is 0 Å². The maximum absolute atomic E-state index is 8.49. The van der Waals surface area contributed by atoms with Gasteiger partial charge in [0.2, 0.25) is 0 Å². The fourth-order valence-corrected chi connectivity index (χ4v) is 1.67. The van der Waals surface area contributed by atoms with Crippen molar-refractivity contribution in [1.82, 2.24) is 0 Å². The standard InChI is InChI=1S/C12H19N3O/c1-3-15(9-8-12(13)14-16)11-7-5-4-6-10(11)2/h4-7,16H,3,8-9H2,1-2H3,(H2,13,14). The number of amidine groups is 1. The Labute approximate surface area is 96.4 Å². The van der Waals surface area contributed by atoms with Crippen molar-refractivity contribution in [2.75, 3.05) is 18.0 Å². The monoisotopic (exact) mass is 221 g/mol. The van der Waals surface area contributed by atoms with Crippen molar-refractivity contribution in [2.45, 2.75) is 20.3 Å². The second kappa shape index (κ2) is 6.00. The molecule has 0 aliphatic rings. The number of hydrogen-bond acceptors (Lipinski definition) is 3. The number of aryl methyl sites for hydroxylation is 1. The second-order valence-electron chi connectivity index (χ2n) is 3.71. The smallest absolute Gasteiger partial charge is 0.140 e. The van der Waals surface area contributed by atoms with Gasteiger partial charge < -0.3 is 15.8 Å². The van der Waals surface area contributed by atoms with E-state index in [-0.39, 0.29) is 5.84 Å². The molecule has 0 spiro atoms. The van der Waals surface area contributed by atoms with E-state index in [2.05, 4.69) is 36.0 Å². The lowest BCUT2D eigenvalue weighted by Gasteiger charge is -2.24. The van der Waals surface area contributed by atoms with E-state index in [0.717, 1.165) is 13.1 Å². The molecule has 0 atom stereocenters. The Kier molecular flexibility index (Phi) is 4.64. The predicted molar refractivity (Wildman–Crippen MR) is 67.1 cm³/mol. The number of oxime groups is 1. The number of para-hydroxylation sites is 1. The SMILES string of the molecule is CCN(CC/C(N)=N/O)c1ccccc1C. The fraction of sp³-hybridized carbons (Fsp3) is 0.417. The normalized spacial score (nSPS) is 11.5. The Bertz CT molecular complexity index is 363. The zero-order valence-electron chi connectivity index (χ0n) is 9.85. The molecule has 3 N–H and O–H groups in total. The minimum Gasteiger partial charge on any atom is -0.409 e. The van der Waals surface area contributed by atoms with Gasteiger partial charge in [0.25, 0.3) is 0 Å². The van der Waals surface area contributed by atoms with Gasteiger partial charge in [-0.25, -0.2) is 0 Å². The molecule has 0 aliphatic heterocycles. The summed E-state index contributed by atoms with van der Waals surface area (Å²) in [5.74, 6) is 0.270. The Morgan fingerprint density at radius 1 is 1.44 bits per heavy atom. The average molecular weight is 221 g/mol. The Hall–Kier alpha value is -1.71. The third-order valence-electron chi connectivity index (χ3n) is 2.60. The first kappa shape index (κ1) is 12.4. The summed E-state index contributed by atoms with van der Waals surface area (Å²) in [6.07, 6.45) is 0.568. The Morgan fingerprint density at radius 3 is 2.69 bits per heavy atom. The van der Waals surface area contributed by atoms with Crippen molar-refractivity contribution in [3.63, 3.8) is 0 Å². The van der Waals surface area contributed by atoms with Crippen LogP contribution in [0, 0.1) is 6.92 Å². The maximum atomic E-state index is 8.49. The first-order valence-electron chi connectivity index (χ1n) is 5.46. The van der Waals surface area contributed by atoms with E-state index in [1.807, 2.05) is 12.1 Å². The highest BCUT2D eigenvalue weighted by Crippen LogP contribution is 2.19. The molecular formula is C12H19N3O. The summed E-state index contributed by atoms with van der Waals surface area (Å²) >= 11 is 0. The highest BCUT2D eigenvalue weighted by Gasteiger charge is 2.07. The lowest BCUT2D eigenvalue weighted by Crippen LogP contribution is -2.28. The van der Waals surface area contributed by atoms with Gasteiger partial charge in [0, 0.05) is 25.2 Å². The summed E-state index contributed by atoms with van der Waals surface area (Å²) in [5.41, 5.74) is 7.91. The van der Waals surface area contributed by atoms with Gasteiger partial charge in [-0.3, -0.25) is 0 Å². The first-order chi connectivity index (χ1) is 7.69. The van der Waals surface area contributed by atoms with Gasteiger partial charge in [0.15, 0.2) is 0 Å².